The van der Waals surface area contributed by atoms with Gasteiger partial charge in [-0.25, -0.2) is 13.8 Å². The number of rotatable bonds is 5. The lowest BCUT2D eigenvalue weighted by Crippen LogP contribution is -2.30. The van der Waals surface area contributed by atoms with Crippen LogP contribution in [0.15, 0.2) is 79.0 Å². The van der Waals surface area contributed by atoms with Crippen molar-refractivity contribution < 1.29 is 13.6 Å². The Labute approximate surface area is 196 Å². The molecule has 3 aromatic carbocycles. The maximum Gasteiger partial charge on any atom is 0.231 e. The van der Waals surface area contributed by atoms with Crippen LogP contribution in [0.4, 0.5) is 20.3 Å². The molecular weight excluding hydrogens is 434 g/mol. The molecule has 1 aliphatic heterocycles. The maximum absolute atomic E-state index is 13.5. The minimum absolute atomic E-state index is 0.117. The molecule has 2 heterocycles. The predicted octanol–water partition coefficient (Wildman–Crippen LogP) is 5.89. The van der Waals surface area contributed by atoms with Gasteiger partial charge in [0, 0.05) is 23.7 Å². The van der Waals surface area contributed by atoms with Crippen LogP contribution in [0.2, 0.25) is 0 Å². The minimum Gasteiger partial charge on any atom is -0.339 e. The van der Waals surface area contributed by atoms with Crippen molar-refractivity contribution in [3.05, 3.63) is 108 Å². The van der Waals surface area contributed by atoms with Crippen molar-refractivity contribution in [3.63, 3.8) is 0 Å². The average molecular weight is 456 g/mol. The van der Waals surface area contributed by atoms with Gasteiger partial charge in [0.15, 0.2) is 0 Å². The quantitative estimate of drug-likeness (QED) is 0.407. The Bertz CT molecular complexity index is 1360. The van der Waals surface area contributed by atoms with Crippen LogP contribution in [0.1, 0.15) is 17.0 Å². The lowest BCUT2D eigenvalue weighted by Gasteiger charge is -2.23. The largest absolute Gasteiger partial charge is 0.339 e. The third-order valence-corrected chi connectivity index (χ3v) is 5.71. The van der Waals surface area contributed by atoms with Crippen LogP contribution in [-0.2, 0) is 17.8 Å². The van der Waals surface area contributed by atoms with Gasteiger partial charge in [-0.05, 0) is 61.0 Å². The fourth-order valence-corrected chi connectivity index (χ4v) is 3.86. The molecule has 0 radical (unpaired) electrons. The summed E-state index contributed by atoms with van der Waals surface area (Å²) in [7, 11) is 0. The first-order valence-corrected chi connectivity index (χ1v) is 10.9. The van der Waals surface area contributed by atoms with Gasteiger partial charge in [-0.2, -0.15) is 0 Å². The molecule has 5 rings (SSSR count). The number of amides is 1. The Morgan fingerprint density at radius 1 is 0.912 bits per heavy atom. The number of anilines is 2. The summed E-state index contributed by atoms with van der Waals surface area (Å²) in [6.45, 7) is 2.30. The maximum atomic E-state index is 13.5. The number of aryl methyl sites for hydroxylation is 1. The first-order chi connectivity index (χ1) is 16.5. The molecule has 5 nitrogen and oxygen atoms in total. The van der Waals surface area contributed by atoms with E-state index in [9.17, 15) is 13.6 Å². The van der Waals surface area contributed by atoms with E-state index in [4.69, 9.17) is 4.98 Å². The highest BCUT2D eigenvalue weighted by Crippen LogP contribution is 2.33. The van der Waals surface area contributed by atoms with Gasteiger partial charge < -0.3 is 10.2 Å². The molecule has 170 valence electrons. The van der Waals surface area contributed by atoms with Crippen LogP contribution in [0.25, 0.3) is 17.5 Å². The number of hydrogen-bond acceptors (Lipinski definition) is 3. The van der Waals surface area contributed by atoms with Gasteiger partial charge in [-0.3, -0.25) is 9.36 Å². The molecule has 0 unspecified atom stereocenters. The van der Waals surface area contributed by atoms with Gasteiger partial charge in [0.25, 0.3) is 0 Å². The molecule has 0 saturated carbocycles. The zero-order chi connectivity index (χ0) is 23.7. The van der Waals surface area contributed by atoms with Crippen molar-refractivity contribution in [3.8, 4) is 11.3 Å². The lowest BCUT2D eigenvalue weighted by atomic mass is 10.1. The van der Waals surface area contributed by atoms with Gasteiger partial charge in [0.2, 0.25) is 5.91 Å². The van der Waals surface area contributed by atoms with Crippen LogP contribution in [0.3, 0.4) is 0 Å². The Hall–Kier alpha value is -4.26. The molecule has 0 spiro atoms. The summed E-state index contributed by atoms with van der Waals surface area (Å²) in [5.41, 5.74) is 4.20. The Morgan fingerprint density at radius 2 is 1.56 bits per heavy atom. The monoisotopic (exact) mass is 456 g/mol. The third-order valence-electron chi connectivity index (χ3n) is 5.71. The number of fused-ring (bicyclic) bond motifs is 1. The van der Waals surface area contributed by atoms with E-state index in [1.807, 2.05) is 35.8 Å². The molecule has 0 aliphatic carbocycles. The number of nitrogens with one attached hydrogen (secondary N) is 1. The van der Waals surface area contributed by atoms with Gasteiger partial charge in [0.1, 0.15) is 29.0 Å². The van der Waals surface area contributed by atoms with E-state index in [-0.39, 0.29) is 30.5 Å². The van der Waals surface area contributed by atoms with Crippen molar-refractivity contribution in [1.82, 2.24) is 14.5 Å². The summed E-state index contributed by atoms with van der Waals surface area (Å²) in [6.07, 6.45) is 3.66. The second-order valence-corrected chi connectivity index (χ2v) is 8.22. The van der Waals surface area contributed by atoms with E-state index in [0.29, 0.717) is 11.5 Å². The second kappa shape index (κ2) is 8.94. The highest BCUT2D eigenvalue weighted by molar-refractivity contribution is 5.82. The van der Waals surface area contributed by atoms with Crippen LogP contribution < -0.4 is 5.32 Å². The van der Waals surface area contributed by atoms with Crippen LogP contribution in [0, 0.1) is 18.6 Å². The number of aromatic nitrogens is 2. The number of benzene rings is 3. The molecule has 7 heteroatoms. The van der Waals surface area contributed by atoms with E-state index in [1.165, 1.54) is 24.3 Å². The SMILES string of the molecule is Cc1ccc(Nc2c(-c3ccc(F)cc3)nc3n2C=CN(C(=O)Cc2ccc(F)cc2)C3)cc1. The van der Waals surface area contributed by atoms with E-state index in [2.05, 4.69) is 5.32 Å². The summed E-state index contributed by atoms with van der Waals surface area (Å²) >= 11 is 0. The normalized spacial score (nSPS) is 12.5. The summed E-state index contributed by atoms with van der Waals surface area (Å²) < 4.78 is 28.6. The topological polar surface area (TPSA) is 50.2 Å². The molecule has 34 heavy (non-hydrogen) atoms. The zero-order valence-electron chi connectivity index (χ0n) is 18.5. The highest BCUT2D eigenvalue weighted by Gasteiger charge is 2.24. The predicted molar refractivity (Wildman–Crippen MR) is 128 cm³/mol. The lowest BCUT2D eigenvalue weighted by molar-refractivity contribution is -0.128. The van der Waals surface area contributed by atoms with Gasteiger partial charge in [-0.1, -0.05) is 29.8 Å². The zero-order valence-corrected chi connectivity index (χ0v) is 18.5. The van der Waals surface area contributed by atoms with Crippen LogP contribution in [0.5, 0.6) is 0 Å². The Balaban J connectivity index is 1.46. The summed E-state index contributed by atoms with van der Waals surface area (Å²) in [5, 5.41) is 3.43. The number of imidazole rings is 1. The molecule has 1 amide bonds. The fourth-order valence-electron chi connectivity index (χ4n) is 3.86. The Morgan fingerprint density at radius 3 is 2.24 bits per heavy atom. The summed E-state index contributed by atoms with van der Waals surface area (Å²) in [4.78, 5) is 19.3. The molecule has 4 aromatic rings. The first-order valence-electron chi connectivity index (χ1n) is 10.9. The first kappa shape index (κ1) is 21.6. The molecule has 0 bridgehead atoms. The smallest absolute Gasteiger partial charge is 0.231 e. The molecule has 0 fully saturated rings. The van der Waals surface area contributed by atoms with Crippen molar-refractivity contribution in [2.75, 3.05) is 5.32 Å². The number of carbonyl (C=O) groups is 1. The van der Waals surface area contributed by atoms with Crippen molar-refractivity contribution in [1.29, 1.82) is 0 Å². The molecule has 0 saturated heterocycles. The molecule has 0 atom stereocenters. The van der Waals surface area contributed by atoms with Gasteiger partial charge in [-0.15, -0.1) is 0 Å². The standard InChI is InChI=1S/C27H22F2N4O/c1-18-2-12-23(13-3-18)30-27-26(20-6-10-22(29)11-7-20)31-24-17-32(14-15-33(24)27)25(34)16-19-4-8-21(28)9-5-19/h2-15,30H,16-17H2,1H3. The average Bonchev–Trinajstić information content (AvgIpc) is 3.20. The number of hydrogen-bond donors (Lipinski definition) is 1. The molecule has 1 aliphatic rings. The summed E-state index contributed by atoms with van der Waals surface area (Å²) in [6, 6.07) is 20.1. The van der Waals surface area contributed by atoms with E-state index >= 15 is 0 Å². The van der Waals surface area contributed by atoms with Gasteiger partial charge in [0.05, 0.1) is 13.0 Å². The molecule has 1 aromatic heterocycles. The van der Waals surface area contributed by atoms with Crippen molar-refractivity contribution in [2.45, 2.75) is 19.9 Å². The van der Waals surface area contributed by atoms with E-state index in [1.54, 1.807) is 41.6 Å². The highest BCUT2D eigenvalue weighted by atomic mass is 19.1. The number of halogens is 2. The molecular formula is C27H22F2N4O. The van der Waals surface area contributed by atoms with Gasteiger partial charge >= 0.3 is 0 Å². The fraction of sp³-hybridized carbons (Fsp3) is 0.111. The summed E-state index contributed by atoms with van der Waals surface area (Å²) in [5.74, 6) is 0.626. The van der Waals surface area contributed by atoms with Crippen LogP contribution >= 0.6 is 0 Å². The minimum atomic E-state index is -0.335. The number of nitrogens with zero attached hydrogens (tertiary/aromatic N) is 3. The van der Waals surface area contributed by atoms with E-state index in [0.717, 1.165) is 28.2 Å². The molecule has 1 N–H and O–H groups in total. The van der Waals surface area contributed by atoms with Crippen molar-refractivity contribution >= 4 is 23.6 Å². The van der Waals surface area contributed by atoms with E-state index < -0.39 is 0 Å². The van der Waals surface area contributed by atoms with Crippen molar-refractivity contribution in [2.24, 2.45) is 0 Å². The Kier molecular flexibility index (Phi) is 5.67. The second-order valence-electron chi connectivity index (χ2n) is 8.22. The van der Waals surface area contributed by atoms with Crippen LogP contribution in [-0.4, -0.2) is 20.4 Å². The third kappa shape index (κ3) is 4.45. The number of carbonyl (C=O) groups excluding carboxylic acids is 1.